The number of thioether (sulfide) groups is 1. The summed E-state index contributed by atoms with van der Waals surface area (Å²) in [7, 11) is 1.83. The van der Waals surface area contributed by atoms with Gasteiger partial charge in [-0.1, -0.05) is 34.5 Å². The Hall–Kier alpha value is -0.780. The number of aryl methyl sites for hydroxylation is 2. The van der Waals surface area contributed by atoms with E-state index in [-0.39, 0.29) is 5.78 Å². The molecule has 112 valence electrons. The number of ketones is 1. The van der Waals surface area contributed by atoms with Crippen LogP contribution in [0.5, 0.6) is 0 Å². The van der Waals surface area contributed by atoms with Crippen LogP contribution in [0.15, 0.2) is 33.6 Å². The molecule has 2 rings (SSSR count). The maximum Gasteiger partial charge on any atom is 0.149 e. The van der Waals surface area contributed by atoms with Crippen LogP contribution in [0.1, 0.15) is 18.3 Å². The summed E-state index contributed by atoms with van der Waals surface area (Å²) in [6, 6.07) is 7.93. The Morgan fingerprint density at radius 2 is 2.05 bits per heavy atom. The van der Waals surface area contributed by atoms with E-state index in [1.54, 1.807) is 4.68 Å². The molecule has 21 heavy (non-hydrogen) atoms. The molecular formula is C15H16BrClN2OS. The fourth-order valence-corrected chi connectivity index (χ4v) is 3.33. The number of hydrogen-bond donors (Lipinski definition) is 0. The summed E-state index contributed by atoms with van der Waals surface area (Å²) < 4.78 is 2.75. The van der Waals surface area contributed by atoms with Crippen molar-refractivity contribution in [2.75, 3.05) is 5.75 Å². The molecule has 0 N–H and O–H groups in total. The van der Waals surface area contributed by atoms with Crippen LogP contribution in [-0.2, 0) is 24.7 Å². The van der Waals surface area contributed by atoms with Gasteiger partial charge in [0, 0.05) is 16.4 Å². The summed E-state index contributed by atoms with van der Waals surface area (Å²) in [5.74, 6) is 0.584. The van der Waals surface area contributed by atoms with Gasteiger partial charge in [0.1, 0.15) is 5.78 Å². The van der Waals surface area contributed by atoms with Gasteiger partial charge >= 0.3 is 0 Å². The predicted molar refractivity (Wildman–Crippen MR) is 91.2 cm³/mol. The summed E-state index contributed by atoms with van der Waals surface area (Å²) >= 11 is 11.2. The van der Waals surface area contributed by atoms with Gasteiger partial charge in [-0.25, -0.2) is 0 Å². The molecule has 0 aliphatic rings. The molecule has 1 heterocycles. The van der Waals surface area contributed by atoms with Gasteiger partial charge in [0.25, 0.3) is 0 Å². The highest BCUT2D eigenvalue weighted by Gasteiger charge is 2.16. The van der Waals surface area contributed by atoms with Crippen LogP contribution in [0, 0.1) is 0 Å². The highest BCUT2D eigenvalue weighted by molar-refractivity contribution is 9.10. The monoisotopic (exact) mass is 386 g/mol. The van der Waals surface area contributed by atoms with Crippen molar-refractivity contribution in [1.29, 1.82) is 0 Å². The summed E-state index contributed by atoms with van der Waals surface area (Å²) in [5, 5.41) is 4.96. The quantitative estimate of drug-likeness (QED) is 0.693. The van der Waals surface area contributed by atoms with Gasteiger partial charge in [-0.2, -0.15) is 5.10 Å². The maximum atomic E-state index is 12.1. The first-order valence-electron chi connectivity index (χ1n) is 6.61. The van der Waals surface area contributed by atoms with E-state index in [0.29, 0.717) is 17.2 Å². The Labute approximate surface area is 142 Å². The number of halogens is 2. The number of rotatable bonds is 6. The van der Waals surface area contributed by atoms with Gasteiger partial charge in [-0.05, 0) is 30.7 Å². The van der Waals surface area contributed by atoms with Gasteiger partial charge in [-0.15, -0.1) is 11.8 Å². The molecule has 2 aromatic rings. The second kappa shape index (κ2) is 7.47. The lowest BCUT2D eigenvalue weighted by molar-refractivity contribution is -0.116. The van der Waals surface area contributed by atoms with Crippen LogP contribution in [0.3, 0.4) is 0 Å². The second-order valence-corrected chi connectivity index (χ2v) is 6.98. The van der Waals surface area contributed by atoms with E-state index in [1.807, 2.05) is 38.2 Å². The number of Topliss-reactive ketones (excluding diaryl/α,β-unsaturated/α-hetero) is 1. The van der Waals surface area contributed by atoms with E-state index in [9.17, 15) is 4.79 Å². The first-order chi connectivity index (χ1) is 10.0. The van der Waals surface area contributed by atoms with E-state index in [2.05, 4.69) is 21.0 Å². The Balaban J connectivity index is 1.96. The molecule has 3 nitrogen and oxygen atoms in total. The fraction of sp³-hybridized carbons (Fsp3) is 0.333. The Kier molecular flexibility index (Phi) is 5.90. The summed E-state index contributed by atoms with van der Waals surface area (Å²) in [6.45, 7) is 2.00. The number of aromatic nitrogens is 2. The zero-order valence-electron chi connectivity index (χ0n) is 11.9. The topological polar surface area (TPSA) is 34.9 Å². The van der Waals surface area contributed by atoms with Gasteiger partial charge < -0.3 is 0 Å². The molecule has 0 fully saturated rings. The highest BCUT2D eigenvalue weighted by atomic mass is 79.9. The Bertz CT molecular complexity index is 640. The zero-order chi connectivity index (χ0) is 15.4. The molecule has 0 aliphatic carbocycles. The van der Waals surface area contributed by atoms with Crippen LogP contribution in [0.4, 0.5) is 0 Å². The molecule has 0 saturated carbocycles. The first-order valence-corrected chi connectivity index (χ1v) is 8.77. The first kappa shape index (κ1) is 16.6. The van der Waals surface area contributed by atoms with E-state index < -0.39 is 0 Å². The molecule has 0 aliphatic heterocycles. The number of carbonyl (C=O) groups excluding carboxylic acids is 1. The van der Waals surface area contributed by atoms with Gasteiger partial charge in [0.2, 0.25) is 0 Å². The molecule has 0 radical (unpaired) electrons. The van der Waals surface area contributed by atoms with Crippen LogP contribution < -0.4 is 0 Å². The maximum absolute atomic E-state index is 12.1. The largest absolute Gasteiger partial charge is 0.298 e. The van der Waals surface area contributed by atoms with Crippen molar-refractivity contribution in [1.82, 2.24) is 9.78 Å². The van der Waals surface area contributed by atoms with Crippen LogP contribution in [-0.4, -0.2) is 21.3 Å². The molecule has 6 heteroatoms. The minimum atomic E-state index is 0.149. The third kappa shape index (κ3) is 4.34. The molecule has 0 amide bonds. The third-order valence-corrected chi connectivity index (χ3v) is 5.12. The van der Waals surface area contributed by atoms with Crippen LogP contribution in [0.25, 0.3) is 0 Å². The van der Waals surface area contributed by atoms with Crippen molar-refractivity contribution in [3.05, 3.63) is 45.1 Å². The predicted octanol–water partition coefficient (Wildman–Crippen LogP) is 4.30. The van der Waals surface area contributed by atoms with Crippen molar-refractivity contribution in [2.45, 2.75) is 24.7 Å². The summed E-state index contributed by atoms with van der Waals surface area (Å²) in [4.78, 5) is 13.2. The Morgan fingerprint density at radius 3 is 2.62 bits per heavy atom. The van der Waals surface area contributed by atoms with E-state index in [1.165, 1.54) is 11.8 Å². The smallest absolute Gasteiger partial charge is 0.149 e. The molecule has 0 saturated heterocycles. The zero-order valence-corrected chi connectivity index (χ0v) is 15.1. The number of carbonyl (C=O) groups is 1. The van der Waals surface area contributed by atoms with Crippen molar-refractivity contribution in [2.24, 2.45) is 7.05 Å². The van der Waals surface area contributed by atoms with Crippen LogP contribution >= 0.6 is 39.3 Å². The fourth-order valence-electron chi connectivity index (χ4n) is 1.94. The van der Waals surface area contributed by atoms with Gasteiger partial charge in [0.05, 0.1) is 28.6 Å². The van der Waals surface area contributed by atoms with Crippen molar-refractivity contribution >= 4 is 45.1 Å². The molecule has 1 aromatic heterocycles. The average molecular weight is 388 g/mol. The van der Waals surface area contributed by atoms with Gasteiger partial charge in [0.15, 0.2) is 0 Å². The lowest BCUT2D eigenvalue weighted by Crippen LogP contribution is -2.10. The summed E-state index contributed by atoms with van der Waals surface area (Å²) in [5.41, 5.74) is 1.65. The second-order valence-electron chi connectivity index (χ2n) is 4.64. The molecule has 1 aromatic carbocycles. The van der Waals surface area contributed by atoms with Crippen LogP contribution in [0.2, 0.25) is 5.02 Å². The van der Waals surface area contributed by atoms with E-state index >= 15 is 0 Å². The van der Waals surface area contributed by atoms with E-state index in [4.69, 9.17) is 11.6 Å². The van der Waals surface area contributed by atoms with Crippen molar-refractivity contribution in [3.63, 3.8) is 0 Å². The van der Waals surface area contributed by atoms with Gasteiger partial charge in [-0.3, -0.25) is 9.48 Å². The number of benzene rings is 1. The average Bonchev–Trinajstić information content (AvgIpc) is 2.74. The van der Waals surface area contributed by atoms with Crippen molar-refractivity contribution < 1.29 is 4.79 Å². The van der Waals surface area contributed by atoms with Crippen molar-refractivity contribution in [3.8, 4) is 0 Å². The number of nitrogens with zero attached hydrogens (tertiary/aromatic N) is 2. The lowest BCUT2D eigenvalue weighted by Gasteiger charge is -2.03. The lowest BCUT2D eigenvalue weighted by atomic mass is 10.2. The number of hydrogen-bond acceptors (Lipinski definition) is 3. The minimum absolute atomic E-state index is 0.149. The standard InChI is InChI=1S/C15H16BrClN2OS/c1-3-13-15(17)14(19(2)18-13)8-11(20)9-21-12-6-4-10(16)5-7-12/h4-7H,3,8-9H2,1-2H3. The third-order valence-electron chi connectivity index (χ3n) is 3.08. The Morgan fingerprint density at radius 1 is 1.38 bits per heavy atom. The van der Waals surface area contributed by atoms with E-state index in [0.717, 1.165) is 27.2 Å². The molecule has 0 bridgehead atoms. The molecule has 0 spiro atoms. The highest BCUT2D eigenvalue weighted by Crippen LogP contribution is 2.24. The minimum Gasteiger partial charge on any atom is -0.298 e. The molecule has 0 unspecified atom stereocenters. The summed E-state index contributed by atoms with van der Waals surface area (Å²) in [6.07, 6.45) is 1.10. The molecular weight excluding hydrogens is 372 g/mol. The normalized spacial score (nSPS) is 10.9. The SMILES string of the molecule is CCc1nn(C)c(CC(=O)CSc2ccc(Br)cc2)c1Cl. The molecule has 0 atom stereocenters.